The van der Waals surface area contributed by atoms with Crippen LogP contribution in [0.5, 0.6) is 11.5 Å². The topological polar surface area (TPSA) is 164 Å². The van der Waals surface area contributed by atoms with Crippen molar-refractivity contribution in [3.63, 3.8) is 0 Å². The number of nitrogens with zero attached hydrogens (tertiary/aromatic N) is 3. The molecule has 0 spiro atoms. The van der Waals surface area contributed by atoms with Crippen LogP contribution in [0, 0.1) is 10.1 Å². The number of esters is 1. The van der Waals surface area contributed by atoms with Gasteiger partial charge >= 0.3 is 5.97 Å². The quantitative estimate of drug-likeness (QED) is 0.243. The third kappa shape index (κ3) is 6.34. The van der Waals surface area contributed by atoms with Gasteiger partial charge in [0.15, 0.2) is 12.4 Å². The van der Waals surface area contributed by atoms with Gasteiger partial charge in [-0.25, -0.2) is 9.48 Å². The molecule has 0 saturated carbocycles. The minimum absolute atomic E-state index is 0.0269. The Hall–Kier alpha value is -4.94. The summed E-state index contributed by atoms with van der Waals surface area (Å²) in [5.41, 5.74) is 0.888. The summed E-state index contributed by atoms with van der Waals surface area (Å²) in [5, 5.41) is 20.3. The van der Waals surface area contributed by atoms with E-state index in [0.29, 0.717) is 22.8 Å². The first kappa shape index (κ1) is 25.7. The number of anilines is 2. The van der Waals surface area contributed by atoms with E-state index in [4.69, 9.17) is 14.2 Å². The van der Waals surface area contributed by atoms with Gasteiger partial charge in [0.05, 0.1) is 36.2 Å². The number of rotatable bonds is 10. The zero-order valence-electron chi connectivity index (χ0n) is 19.6. The van der Waals surface area contributed by atoms with Crippen LogP contribution in [0.15, 0.2) is 48.7 Å². The van der Waals surface area contributed by atoms with Gasteiger partial charge in [-0.05, 0) is 37.3 Å². The molecule has 3 aromatic rings. The highest BCUT2D eigenvalue weighted by atomic mass is 16.6. The highest BCUT2D eigenvalue weighted by Gasteiger charge is 2.22. The smallest absolute Gasteiger partial charge is 0.362 e. The van der Waals surface area contributed by atoms with E-state index in [1.54, 1.807) is 19.1 Å². The monoisotopic (exact) mass is 497 g/mol. The van der Waals surface area contributed by atoms with Gasteiger partial charge in [-0.2, -0.15) is 5.10 Å². The van der Waals surface area contributed by atoms with Crippen molar-refractivity contribution in [2.24, 2.45) is 0 Å². The van der Waals surface area contributed by atoms with Crippen molar-refractivity contribution >= 4 is 34.8 Å². The number of ether oxygens (including phenoxy) is 3. The lowest BCUT2D eigenvalue weighted by Crippen LogP contribution is -2.21. The van der Waals surface area contributed by atoms with Crippen molar-refractivity contribution in [1.82, 2.24) is 9.78 Å². The Morgan fingerprint density at radius 3 is 2.42 bits per heavy atom. The number of nitrogens with one attached hydrogen (secondary N) is 2. The largest absolute Gasteiger partial charge is 0.495 e. The molecule has 0 saturated heterocycles. The summed E-state index contributed by atoms with van der Waals surface area (Å²) in [6.07, 6.45) is 1.36. The first-order chi connectivity index (χ1) is 17.2. The highest BCUT2D eigenvalue weighted by molar-refractivity contribution is 5.96. The summed E-state index contributed by atoms with van der Waals surface area (Å²) in [6, 6.07) is 10.2. The molecule has 188 valence electrons. The average molecular weight is 497 g/mol. The first-order valence-corrected chi connectivity index (χ1v) is 10.6. The second kappa shape index (κ2) is 11.5. The van der Waals surface area contributed by atoms with Crippen molar-refractivity contribution in [3.8, 4) is 17.2 Å². The van der Waals surface area contributed by atoms with E-state index in [1.807, 2.05) is 0 Å². The maximum atomic E-state index is 12.6. The van der Waals surface area contributed by atoms with Crippen molar-refractivity contribution in [3.05, 3.63) is 64.5 Å². The Morgan fingerprint density at radius 1 is 1.08 bits per heavy atom. The van der Waals surface area contributed by atoms with E-state index < -0.39 is 23.4 Å². The minimum Gasteiger partial charge on any atom is -0.495 e. The van der Waals surface area contributed by atoms with Crippen molar-refractivity contribution in [2.45, 2.75) is 13.8 Å². The van der Waals surface area contributed by atoms with Crippen molar-refractivity contribution in [2.75, 3.05) is 31.0 Å². The molecule has 3 rings (SSSR count). The molecule has 0 atom stereocenters. The Balaban J connectivity index is 1.79. The number of methoxy groups -OCH3 is 1. The molecular formula is C23H23N5O8. The Bertz CT molecular complexity index is 1290. The molecule has 36 heavy (non-hydrogen) atoms. The van der Waals surface area contributed by atoms with Gasteiger partial charge in [0, 0.05) is 24.7 Å². The van der Waals surface area contributed by atoms with E-state index in [1.165, 1.54) is 55.2 Å². The lowest BCUT2D eigenvalue weighted by Gasteiger charge is -2.12. The molecule has 13 nitrogen and oxygen atoms in total. The van der Waals surface area contributed by atoms with Crippen molar-refractivity contribution < 1.29 is 33.5 Å². The Morgan fingerprint density at radius 2 is 1.81 bits per heavy atom. The van der Waals surface area contributed by atoms with Crippen LogP contribution in [0.1, 0.15) is 24.3 Å². The highest BCUT2D eigenvalue weighted by Crippen LogP contribution is 2.28. The molecule has 0 bridgehead atoms. The first-order valence-electron chi connectivity index (χ1n) is 10.6. The van der Waals surface area contributed by atoms with Crippen LogP contribution in [0.4, 0.5) is 17.1 Å². The summed E-state index contributed by atoms with van der Waals surface area (Å²) in [4.78, 5) is 46.6. The molecule has 2 aromatic carbocycles. The number of benzene rings is 2. The van der Waals surface area contributed by atoms with Gasteiger partial charge in [-0.15, -0.1) is 0 Å². The third-order valence-electron chi connectivity index (χ3n) is 4.63. The fourth-order valence-electron chi connectivity index (χ4n) is 3.08. The van der Waals surface area contributed by atoms with E-state index in [2.05, 4.69) is 15.7 Å². The third-order valence-corrected chi connectivity index (χ3v) is 4.63. The molecule has 0 aliphatic carbocycles. The van der Waals surface area contributed by atoms with Crippen LogP contribution in [0.25, 0.3) is 5.69 Å². The molecular weight excluding hydrogens is 474 g/mol. The number of non-ortho nitro benzene ring substituents is 1. The van der Waals surface area contributed by atoms with E-state index in [0.717, 1.165) is 0 Å². The zero-order valence-corrected chi connectivity index (χ0v) is 19.6. The molecule has 2 N–H and O–H groups in total. The number of amides is 2. The van der Waals surface area contributed by atoms with Gasteiger partial charge in [0.2, 0.25) is 11.6 Å². The van der Waals surface area contributed by atoms with Crippen molar-refractivity contribution in [1.29, 1.82) is 0 Å². The van der Waals surface area contributed by atoms with E-state index in [-0.39, 0.29) is 29.6 Å². The molecule has 13 heteroatoms. The number of carbonyl (C=O) groups excluding carboxylic acids is 3. The second-order valence-electron chi connectivity index (χ2n) is 7.21. The molecule has 2 amide bonds. The van der Waals surface area contributed by atoms with Gasteiger partial charge in [0.1, 0.15) is 5.75 Å². The van der Waals surface area contributed by atoms with Gasteiger partial charge in [0.25, 0.3) is 11.6 Å². The van der Waals surface area contributed by atoms with Crippen LogP contribution >= 0.6 is 0 Å². The minimum atomic E-state index is -0.766. The second-order valence-corrected chi connectivity index (χ2v) is 7.21. The van der Waals surface area contributed by atoms with Gasteiger partial charge in [-0.1, -0.05) is 0 Å². The van der Waals surface area contributed by atoms with Gasteiger partial charge in [-0.3, -0.25) is 19.7 Å². The normalized spacial score (nSPS) is 10.3. The molecule has 0 fully saturated rings. The Labute approximate surface area is 205 Å². The molecule has 1 heterocycles. The summed E-state index contributed by atoms with van der Waals surface area (Å²) < 4.78 is 17.1. The lowest BCUT2D eigenvalue weighted by atomic mass is 10.2. The molecule has 0 unspecified atom stereocenters. The predicted octanol–water partition coefficient (Wildman–Crippen LogP) is 2.94. The predicted molar refractivity (Wildman–Crippen MR) is 128 cm³/mol. The van der Waals surface area contributed by atoms with E-state index in [9.17, 15) is 24.5 Å². The van der Waals surface area contributed by atoms with Crippen LogP contribution < -0.4 is 20.1 Å². The molecule has 0 aliphatic rings. The summed E-state index contributed by atoms with van der Waals surface area (Å²) >= 11 is 0. The summed E-state index contributed by atoms with van der Waals surface area (Å²) in [6.45, 7) is 2.58. The van der Waals surface area contributed by atoms with Gasteiger partial charge < -0.3 is 24.8 Å². The SMILES string of the molecule is CCOC(=O)c1nn(-c2ccc([N+](=O)[O-])cc2)cc1OCC(=O)Nc1cc(NC(C)=O)ccc1OC. The van der Waals surface area contributed by atoms with Crippen LogP contribution in [0.3, 0.4) is 0 Å². The maximum absolute atomic E-state index is 12.6. The molecule has 0 aliphatic heterocycles. The molecule has 1 aromatic heterocycles. The zero-order chi connectivity index (χ0) is 26.2. The van der Waals surface area contributed by atoms with Crippen LogP contribution in [-0.2, 0) is 14.3 Å². The number of hydrogen-bond acceptors (Lipinski definition) is 9. The number of nitro groups is 1. The summed E-state index contributed by atoms with van der Waals surface area (Å²) in [5.74, 6) is -1.29. The fourth-order valence-corrected chi connectivity index (χ4v) is 3.08. The van der Waals surface area contributed by atoms with Crippen LogP contribution in [-0.4, -0.2) is 52.8 Å². The number of aromatic nitrogens is 2. The molecule has 0 radical (unpaired) electrons. The number of nitro benzene ring substituents is 1. The van der Waals surface area contributed by atoms with E-state index >= 15 is 0 Å². The lowest BCUT2D eigenvalue weighted by molar-refractivity contribution is -0.384. The average Bonchev–Trinajstić information content (AvgIpc) is 3.27. The fraction of sp³-hybridized carbons (Fsp3) is 0.217. The summed E-state index contributed by atoms with van der Waals surface area (Å²) in [7, 11) is 1.43. The standard InChI is InChI=1S/C23H23N5O8/c1-4-35-23(31)22-20(12-27(26-22)16-6-8-17(9-7-16)28(32)33)36-13-21(30)25-18-11-15(24-14(2)29)5-10-19(18)34-3/h5-12H,4,13H2,1-3H3,(H,24,29)(H,25,30). The number of carbonyl (C=O) groups is 3. The Kier molecular flexibility index (Phi) is 8.18. The van der Waals surface area contributed by atoms with Crippen LogP contribution in [0.2, 0.25) is 0 Å². The number of hydrogen-bond donors (Lipinski definition) is 2. The maximum Gasteiger partial charge on any atom is 0.362 e.